The molecule has 3 nitrogen and oxygen atoms in total. The van der Waals surface area contributed by atoms with E-state index in [-0.39, 0.29) is 5.56 Å². The van der Waals surface area contributed by atoms with Gasteiger partial charge in [-0.15, -0.1) is 23.1 Å². The first-order valence-electron chi connectivity index (χ1n) is 5.56. The van der Waals surface area contributed by atoms with Crippen molar-refractivity contribution in [3.8, 4) is 0 Å². The first kappa shape index (κ1) is 12.9. The van der Waals surface area contributed by atoms with Crippen LogP contribution in [0.15, 0.2) is 56.1 Å². The van der Waals surface area contributed by atoms with Gasteiger partial charge in [0.2, 0.25) is 0 Å². The van der Waals surface area contributed by atoms with Crippen LogP contribution in [0.1, 0.15) is 5.69 Å². The molecule has 0 fully saturated rings. The molecule has 0 unspecified atom stereocenters. The quantitative estimate of drug-likeness (QED) is 0.672. The lowest BCUT2D eigenvalue weighted by molar-refractivity contribution is 1.04. The molecule has 0 aliphatic carbocycles. The van der Waals surface area contributed by atoms with E-state index in [4.69, 9.17) is 0 Å². The third kappa shape index (κ3) is 2.91. The van der Waals surface area contributed by atoms with Crippen LogP contribution in [0.3, 0.4) is 0 Å². The lowest BCUT2D eigenvalue weighted by Crippen LogP contribution is -2.12. The predicted molar refractivity (Wildman–Crippen MR) is 83.0 cm³/mol. The lowest BCUT2D eigenvalue weighted by Gasteiger charge is -2.02. The van der Waals surface area contributed by atoms with E-state index >= 15 is 0 Å². The number of thioether (sulfide) groups is 1. The molecule has 3 rings (SSSR count). The summed E-state index contributed by atoms with van der Waals surface area (Å²) in [5, 5.41) is 1.87. The van der Waals surface area contributed by atoms with Gasteiger partial charge in [-0.1, -0.05) is 15.9 Å². The fourth-order valence-electron chi connectivity index (χ4n) is 1.65. The SMILES string of the molecule is O=c1cc(CSc2ccc(Br)cc2)nc2sccn12. The Bertz CT molecular complexity index is 764. The summed E-state index contributed by atoms with van der Waals surface area (Å²) >= 11 is 6.56. The number of halogens is 1. The Kier molecular flexibility index (Phi) is 3.72. The van der Waals surface area contributed by atoms with Gasteiger partial charge in [0.15, 0.2) is 4.96 Å². The van der Waals surface area contributed by atoms with Crippen molar-refractivity contribution < 1.29 is 0 Å². The Morgan fingerprint density at radius 2 is 2.11 bits per heavy atom. The van der Waals surface area contributed by atoms with Crippen LogP contribution < -0.4 is 5.56 Å². The zero-order chi connectivity index (χ0) is 13.2. The van der Waals surface area contributed by atoms with E-state index in [0.29, 0.717) is 5.75 Å². The molecule has 0 bridgehead atoms. The van der Waals surface area contributed by atoms with Gasteiger partial charge in [-0.3, -0.25) is 9.20 Å². The van der Waals surface area contributed by atoms with Gasteiger partial charge in [0.1, 0.15) is 0 Å². The Morgan fingerprint density at radius 1 is 1.32 bits per heavy atom. The predicted octanol–water partition coefficient (Wildman–Crippen LogP) is 3.81. The van der Waals surface area contributed by atoms with Crippen molar-refractivity contribution in [3.63, 3.8) is 0 Å². The summed E-state index contributed by atoms with van der Waals surface area (Å²) in [5.41, 5.74) is 0.804. The van der Waals surface area contributed by atoms with Gasteiger partial charge in [0, 0.05) is 32.8 Å². The highest BCUT2D eigenvalue weighted by Gasteiger charge is 2.04. The van der Waals surface area contributed by atoms with Crippen LogP contribution in [0, 0.1) is 0 Å². The minimum Gasteiger partial charge on any atom is -0.269 e. The molecule has 0 aliphatic heterocycles. The summed E-state index contributed by atoms with van der Waals surface area (Å²) in [6.07, 6.45) is 1.75. The molecule has 2 aromatic heterocycles. The van der Waals surface area contributed by atoms with Crippen molar-refractivity contribution >= 4 is 44.0 Å². The van der Waals surface area contributed by atoms with Gasteiger partial charge < -0.3 is 0 Å². The van der Waals surface area contributed by atoms with Crippen LogP contribution >= 0.6 is 39.0 Å². The van der Waals surface area contributed by atoms with Crippen LogP contribution in [-0.4, -0.2) is 9.38 Å². The lowest BCUT2D eigenvalue weighted by atomic mass is 10.4. The van der Waals surface area contributed by atoms with Crippen molar-refractivity contribution in [3.05, 3.63) is 62.4 Å². The molecule has 0 atom stereocenters. The van der Waals surface area contributed by atoms with Crippen LogP contribution in [0.4, 0.5) is 0 Å². The number of thiazole rings is 1. The largest absolute Gasteiger partial charge is 0.269 e. The maximum absolute atomic E-state index is 11.8. The van der Waals surface area contributed by atoms with Gasteiger partial charge in [0.05, 0.1) is 5.69 Å². The van der Waals surface area contributed by atoms with Gasteiger partial charge in [-0.2, -0.15) is 0 Å². The standard InChI is InChI=1S/C13H9BrN2OS2/c14-9-1-3-11(4-2-9)19-8-10-7-12(17)16-5-6-18-13(16)15-10/h1-7H,8H2. The third-order valence-electron chi connectivity index (χ3n) is 2.56. The van der Waals surface area contributed by atoms with E-state index in [9.17, 15) is 4.79 Å². The van der Waals surface area contributed by atoms with Crippen molar-refractivity contribution in [1.29, 1.82) is 0 Å². The Labute approximate surface area is 126 Å². The number of hydrogen-bond donors (Lipinski definition) is 0. The molecule has 19 heavy (non-hydrogen) atoms. The molecule has 1 aromatic carbocycles. The number of aromatic nitrogens is 2. The van der Waals surface area contributed by atoms with Crippen molar-refractivity contribution in [1.82, 2.24) is 9.38 Å². The summed E-state index contributed by atoms with van der Waals surface area (Å²) in [6, 6.07) is 9.71. The number of nitrogens with zero attached hydrogens (tertiary/aromatic N) is 2. The maximum Gasteiger partial charge on any atom is 0.258 e. The van der Waals surface area contributed by atoms with Crippen molar-refractivity contribution in [2.24, 2.45) is 0 Å². The first-order valence-corrected chi connectivity index (χ1v) is 8.22. The highest BCUT2D eigenvalue weighted by atomic mass is 79.9. The third-order valence-corrected chi connectivity index (χ3v) is 4.89. The molecular formula is C13H9BrN2OS2. The highest BCUT2D eigenvalue weighted by molar-refractivity contribution is 9.10. The summed E-state index contributed by atoms with van der Waals surface area (Å²) in [4.78, 5) is 18.2. The Balaban J connectivity index is 1.81. The average molecular weight is 353 g/mol. The van der Waals surface area contributed by atoms with Crippen LogP contribution in [-0.2, 0) is 5.75 Å². The number of rotatable bonds is 3. The first-order chi connectivity index (χ1) is 9.22. The summed E-state index contributed by atoms with van der Waals surface area (Å²) < 4.78 is 2.63. The van der Waals surface area contributed by atoms with E-state index in [0.717, 1.165) is 20.0 Å². The molecule has 0 N–H and O–H groups in total. The van der Waals surface area contributed by atoms with Gasteiger partial charge in [0.25, 0.3) is 5.56 Å². The molecule has 2 heterocycles. The van der Waals surface area contributed by atoms with Crippen molar-refractivity contribution in [2.45, 2.75) is 10.6 Å². The molecular weight excluding hydrogens is 344 g/mol. The topological polar surface area (TPSA) is 34.4 Å². The molecule has 0 saturated carbocycles. The average Bonchev–Trinajstić information content (AvgIpc) is 2.87. The molecule has 6 heteroatoms. The van der Waals surface area contributed by atoms with E-state index < -0.39 is 0 Å². The monoisotopic (exact) mass is 352 g/mol. The second kappa shape index (κ2) is 5.48. The van der Waals surface area contributed by atoms with Gasteiger partial charge in [-0.25, -0.2) is 4.98 Å². The molecule has 0 amide bonds. The van der Waals surface area contributed by atoms with Crippen molar-refractivity contribution in [2.75, 3.05) is 0 Å². The second-order valence-electron chi connectivity index (χ2n) is 3.88. The Hall–Kier alpha value is -1.11. The molecule has 0 saturated heterocycles. The van der Waals surface area contributed by atoms with Crippen LogP contribution in [0.25, 0.3) is 4.96 Å². The van der Waals surface area contributed by atoms with Gasteiger partial charge in [-0.05, 0) is 24.3 Å². The smallest absolute Gasteiger partial charge is 0.258 e. The zero-order valence-corrected chi connectivity index (χ0v) is 13.0. The molecule has 0 radical (unpaired) electrons. The fourth-order valence-corrected chi connectivity index (χ4v) is 3.44. The van der Waals surface area contributed by atoms with E-state index in [1.807, 2.05) is 29.6 Å². The number of benzene rings is 1. The van der Waals surface area contributed by atoms with E-state index in [1.165, 1.54) is 11.3 Å². The zero-order valence-electron chi connectivity index (χ0n) is 9.75. The van der Waals surface area contributed by atoms with Crippen LogP contribution in [0.5, 0.6) is 0 Å². The molecule has 0 spiro atoms. The maximum atomic E-state index is 11.8. The molecule has 96 valence electrons. The van der Waals surface area contributed by atoms with E-state index in [2.05, 4.69) is 20.9 Å². The van der Waals surface area contributed by atoms with E-state index in [1.54, 1.807) is 28.4 Å². The molecule has 0 aliphatic rings. The summed E-state index contributed by atoms with van der Waals surface area (Å²) in [7, 11) is 0. The fraction of sp³-hybridized carbons (Fsp3) is 0.0769. The summed E-state index contributed by atoms with van der Waals surface area (Å²) in [5.74, 6) is 0.700. The minimum atomic E-state index is -0.0161. The van der Waals surface area contributed by atoms with Crippen LogP contribution in [0.2, 0.25) is 0 Å². The van der Waals surface area contributed by atoms with Gasteiger partial charge >= 0.3 is 0 Å². The normalized spacial score (nSPS) is 11.0. The second-order valence-corrected chi connectivity index (χ2v) is 6.72. The Morgan fingerprint density at radius 3 is 2.89 bits per heavy atom. The number of hydrogen-bond acceptors (Lipinski definition) is 4. The summed E-state index contributed by atoms with van der Waals surface area (Å²) in [6.45, 7) is 0. The number of fused-ring (bicyclic) bond motifs is 1. The highest BCUT2D eigenvalue weighted by Crippen LogP contribution is 2.23. The molecule has 3 aromatic rings. The minimum absolute atomic E-state index is 0.0161.